The van der Waals surface area contributed by atoms with Gasteiger partial charge in [-0.25, -0.2) is 4.79 Å². The second kappa shape index (κ2) is 9.76. The molecular weight excluding hydrogens is 581 g/mol. The molecule has 2 heterocycles. The summed E-state index contributed by atoms with van der Waals surface area (Å²) >= 11 is 5.96. The molecule has 214 valence electrons. The minimum absolute atomic E-state index is 0.0204. The zero-order valence-corrected chi connectivity index (χ0v) is 22.5. The number of carbonyl (C=O) groups excluding carboxylic acids is 1. The third kappa shape index (κ3) is 6.22. The normalized spacial score (nSPS) is 16.9. The summed E-state index contributed by atoms with van der Waals surface area (Å²) in [6.45, 7) is 2.08. The van der Waals surface area contributed by atoms with Crippen molar-refractivity contribution in [3.63, 3.8) is 0 Å². The molecule has 1 atom stereocenters. The SMILES string of the molecule is C[C@@H]1Cc2nn(CCNCc3ccc(S(F)(F)(F)(F)F)cc3)c(C(=O)O)c2CN1C(=O)c1ccc(Cl)c(C#N)c1. The average molecular weight is 604 g/mol. The maximum atomic E-state index is 13.2. The quantitative estimate of drug-likeness (QED) is 0.236. The van der Waals surface area contributed by atoms with Crippen molar-refractivity contribution in [3.05, 3.63) is 81.1 Å². The van der Waals surface area contributed by atoms with Crippen molar-refractivity contribution in [3.8, 4) is 6.07 Å². The first-order chi connectivity index (χ1) is 18.5. The van der Waals surface area contributed by atoms with E-state index in [1.54, 1.807) is 6.92 Å². The zero-order valence-electron chi connectivity index (χ0n) is 20.9. The molecule has 2 N–H and O–H groups in total. The maximum absolute atomic E-state index is 13.2. The van der Waals surface area contributed by atoms with Crippen molar-refractivity contribution >= 4 is 33.7 Å². The Kier molecular flexibility index (Phi) is 7.15. The molecule has 40 heavy (non-hydrogen) atoms. The fraction of sp³-hybridized carbons (Fsp3) is 0.280. The summed E-state index contributed by atoms with van der Waals surface area (Å²) in [4.78, 5) is 24.9. The van der Waals surface area contributed by atoms with Gasteiger partial charge in [0.15, 0.2) is 5.69 Å². The van der Waals surface area contributed by atoms with Crippen LogP contribution in [0.5, 0.6) is 0 Å². The Bertz CT molecular complexity index is 1540. The minimum atomic E-state index is -9.74. The molecule has 1 aliphatic rings. The van der Waals surface area contributed by atoms with Gasteiger partial charge in [-0.3, -0.25) is 9.48 Å². The van der Waals surface area contributed by atoms with E-state index in [0.717, 1.165) is 12.1 Å². The van der Waals surface area contributed by atoms with Gasteiger partial charge in [-0.2, -0.15) is 10.4 Å². The average Bonchev–Trinajstić information content (AvgIpc) is 3.22. The molecular formula is C25H23ClF5N5O3S. The number of nitriles is 1. The molecule has 0 radical (unpaired) electrons. The number of nitrogens with one attached hydrogen (secondary N) is 1. The summed E-state index contributed by atoms with van der Waals surface area (Å²) in [5.41, 5.74) is 1.50. The van der Waals surface area contributed by atoms with E-state index in [4.69, 9.17) is 11.6 Å². The molecule has 3 aromatic rings. The summed E-state index contributed by atoms with van der Waals surface area (Å²) < 4.78 is 65.7. The van der Waals surface area contributed by atoms with Gasteiger partial charge in [0.05, 0.1) is 29.4 Å². The maximum Gasteiger partial charge on any atom is 0.354 e. The second-order valence-corrected chi connectivity index (χ2v) is 12.2. The first-order valence-electron chi connectivity index (χ1n) is 11.8. The number of fused-ring (bicyclic) bond motifs is 1. The first kappa shape index (κ1) is 29.3. The van der Waals surface area contributed by atoms with Crippen LogP contribution in [-0.2, 0) is 26.1 Å². The van der Waals surface area contributed by atoms with E-state index in [0.29, 0.717) is 35.4 Å². The third-order valence-electron chi connectivity index (χ3n) is 6.48. The lowest BCUT2D eigenvalue weighted by molar-refractivity contribution is 0.0634. The first-order valence-corrected chi connectivity index (χ1v) is 14.2. The third-order valence-corrected chi connectivity index (χ3v) is 7.97. The molecule has 15 heteroatoms. The van der Waals surface area contributed by atoms with Gasteiger partial charge in [-0.1, -0.05) is 43.2 Å². The van der Waals surface area contributed by atoms with Gasteiger partial charge < -0.3 is 15.3 Å². The molecule has 1 aliphatic heterocycles. The molecule has 0 spiro atoms. The minimum Gasteiger partial charge on any atom is -0.477 e. The van der Waals surface area contributed by atoms with Crippen LogP contribution >= 0.6 is 21.8 Å². The Balaban J connectivity index is 1.45. The predicted octanol–water partition coefficient (Wildman–Crippen LogP) is 6.14. The van der Waals surface area contributed by atoms with E-state index in [-0.39, 0.29) is 54.1 Å². The Morgan fingerprint density at radius 2 is 1.85 bits per heavy atom. The van der Waals surface area contributed by atoms with Crippen LogP contribution in [0, 0.1) is 11.3 Å². The molecule has 8 nitrogen and oxygen atoms in total. The van der Waals surface area contributed by atoms with Crippen molar-refractivity contribution in [2.45, 2.75) is 43.9 Å². The number of carbonyl (C=O) groups is 2. The smallest absolute Gasteiger partial charge is 0.354 e. The Morgan fingerprint density at radius 1 is 1.18 bits per heavy atom. The molecule has 0 saturated heterocycles. The number of amides is 1. The van der Waals surface area contributed by atoms with Crippen LogP contribution in [0.25, 0.3) is 0 Å². The predicted molar refractivity (Wildman–Crippen MR) is 138 cm³/mol. The summed E-state index contributed by atoms with van der Waals surface area (Å²) in [5, 5.41) is 26.7. The van der Waals surface area contributed by atoms with E-state index in [2.05, 4.69) is 10.4 Å². The Morgan fingerprint density at radius 3 is 2.45 bits per heavy atom. The molecule has 1 aromatic heterocycles. The number of benzene rings is 2. The number of aromatic carboxylic acids is 1. The number of halogens is 6. The van der Waals surface area contributed by atoms with Crippen LogP contribution < -0.4 is 5.32 Å². The lowest BCUT2D eigenvalue weighted by Gasteiger charge is -2.40. The van der Waals surface area contributed by atoms with Crippen molar-refractivity contribution in [2.75, 3.05) is 6.54 Å². The van der Waals surface area contributed by atoms with Crippen LogP contribution in [0.2, 0.25) is 5.02 Å². The summed E-state index contributed by atoms with van der Waals surface area (Å²) in [5.74, 6) is -1.64. The summed E-state index contributed by atoms with van der Waals surface area (Å²) in [7, 11) is -9.74. The van der Waals surface area contributed by atoms with E-state index in [1.807, 2.05) is 6.07 Å². The van der Waals surface area contributed by atoms with Gasteiger partial charge in [0.1, 0.15) is 11.0 Å². The molecule has 0 fully saturated rings. The highest BCUT2D eigenvalue weighted by Crippen LogP contribution is 3.02. The number of aromatic nitrogens is 2. The molecule has 4 rings (SSSR count). The van der Waals surface area contributed by atoms with Crippen molar-refractivity contribution in [1.29, 1.82) is 5.26 Å². The largest absolute Gasteiger partial charge is 0.477 e. The molecule has 0 unspecified atom stereocenters. The lowest BCUT2D eigenvalue weighted by Crippen LogP contribution is -2.42. The van der Waals surface area contributed by atoms with E-state index in [9.17, 15) is 39.4 Å². The highest BCUT2D eigenvalue weighted by atomic mass is 35.5. The number of carboxylic acid groups (broad SMARTS) is 1. The van der Waals surface area contributed by atoms with Crippen LogP contribution in [0.1, 0.15) is 50.2 Å². The van der Waals surface area contributed by atoms with Gasteiger partial charge in [0.2, 0.25) is 0 Å². The van der Waals surface area contributed by atoms with Crippen LogP contribution in [0.15, 0.2) is 47.4 Å². The molecule has 1 amide bonds. The highest BCUT2D eigenvalue weighted by Gasteiger charge is 2.65. The summed E-state index contributed by atoms with van der Waals surface area (Å²) in [6.07, 6.45) is 0.291. The van der Waals surface area contributed by atoms with E-state index >= 15 is 0 Å². The molecule has 2 aromatic carbocycles. The fourth-order valence-corrected chi connectivity index (χ4v) is 5.27. The Labute approximate surface area is 230 Å². The molecule has 0 aliphatic carbocycles. The number of rotatable bonds is 8. The standard InChI is InChI=1S/C25H23ClF5N5O3S/c1-15-10-22-20(14-35(15)24(37)17-4-7-21(26)18(11-17)12-32)23(25(38)39)36(34-22)9-8-33-13-16-2-5-19(6-3-16)40(27,28,29,30)31/h2-7,11,15,33H,8-10,13-14H2,1H3,(H,38,39)/t15-/m1/s1. The molecule has 0 saturated carbocycles. The number of nitrogens with zero attached hydrogens (tertiary/aromatic N) is 4. The van der Waals surface area contributed by atoms with Gasteiger partial charge >= 0.3 is 16.2 Å². The Hall–Kier alpha value is -3.67. The van der Waals surface area contributed by atoms with Crippen molar-refractivity contribution in [2.24, 2.45) is 0 Å². The van der Waals surface area contributed by atoms with Crippen LogP contribution in [0.4, 0.5) is 19.4 Å². The lowest BCUT2D eigenvalue weighted by atomic mass is 9.98. The van der Waals surface area contributed by atoms with Gasteiger partial charge in [-0.15, -0.1) is 0 Å². The van der Waals surface area contributed by atoms with Gasteiger partial charge in [0.25, 0.3) is 5.91 Å². The van der Waals surface area contributed by atoms with Crippen molar-refractivity contribution in [1.82, 2.24) is 20.0 Å². The highest BCUT2D eigenvalue weighted by molar-refractivity contribution is 8.45. The van der Waals surface area contributed by atoms with Gasteiger partial charge in [-0.05, 0) is 42.8 Å². The summed E-state index contributed by atoms with van der Waals surface area (Å²) in [6, 6.07) is 8.48. The van der Waals surface area contributed by atoms with Gasteiger partial charge in [0, 0.05) is 36.7 Å². The fourth-order valence-electron chi connectivity index (χ4n) is 4.46. The number of hydrogen-bond acceptors (Lipinski definition) is 5. The molecule has 0 bridgehead atoms. The number of carboxylic acids is 1. The second-order valence-electron chi connectivity index (χ2n) is 9.38. The topological polar surface area (TPSA) is 111 Å². The van der Waals surface area contributed by atoms with Crippen LogP contribution in [0.3, 0.4) is 0 Å². The van der Waals surface area contributed by atoms with Crippen LogP contribution in [-0.4, -0.2) is 44.3 Å². The number of hydrogen-bond donors (Lipinski definition) is 2. The zero-order chi connectivity index (χ0) is 29.5. The van der Waals surface area contributed by atoms with E-state index < -0.39 is 27.0 Å². The monoisotopic (exact) mass is 603 g/mol. The van der Waals surface area contributed by atoms with E-state index in [1.165, 1.54) is 27.8 Å². The van der Waals surface area contributed by atoms with Crippen molar-refractivity contribution < 1.29 is 34.1 Å².